The first-order chi connectivity index (χ1) is 8.65. The first-order valence-corrected chi connectivity index (χ1v) is 5.90. The van der Waals surface area contributed by atoms with Crippen LogP contribution in [0.1, 0.15) is 29.6 Å². The van der Waals surface area contributed by atoms with Crippen LogP contribution in [0.25, 0.3) is 0 Å². The molecule has 0 bridgehead atoms. The number of carboxylic acid groups (broad SMARTS) is 1. The molecule has 1 amide bonds. The van der Waals surface area contributed by atoms with Gasteiger partial charge in [0, 0.05) is 11.6 Å². The van der Waals surface area contributed by atoms with Crippen molar-refractivity contribution in [1.82, 2.24) is 5.32 Å². The van der Waals surface area contributed by atoms with Crippen molar-refractivity contribution in [1.29, 1.82) is 0 Å². The molecule has 0 saturated heterocycles. The lowest BCUT2D eigenvalue weighted by Crippen LogP contribution is -2.39. The maximum absolute atomic E-state index is 11.9. The zero-order valence-electron chi connectivity index (χ0n) is 9.89. The Hall–Kier alpha value is -2.04. The highest BCUT2D eigenvalue weighted by Crippen LogP contribution is 2.19. The minimum atomic E-state index is -1.04. The van der Waals surface area contributed by atoms with E-state index in [9.17, 15) is 9.59 Å². The summed E-state index contributed by atoms with van der Waals surface area (Å²) in [6.07, 6.45) is 3.22. The van der Waals surface area contributed by atoms with E-state index in [1.807, 2.05) is 0 Å². The van der Waals surface area contributed by atoms with E-state index in [0.29, 0.717) is 11.3 Å². The third kappa shape index (κ3) is 3.23. The number of benzene rings is 1. The molecular weight excluding hydrogens is 234 g/mol. The molecule has 5 nitrogen and oxygen atoms in total. The van der Waals surface area contributed by atoms with Gasteiger partial charge in [0.15, 0.2) is 6.61 Å². The van der Waals surface area contributed by atoms with Gasteiger partial charge in [-0.15, -0.1) is 0 Å². The van der Waals surface area contributed by atoms with E-state index in [0.717, 1.165) is 19.3 Å². The van der Waals surface area contributed by atoms with Gasteiger partial charge in [0.05, 0.1) is 0 Å². The Balaban J connectivity index is 1.96. The molecule has 0 atom stereocenters. The smallest absolute Gasteiger partial charge is 0.341 e. The molecule has 2 rings (SSSR count). The number of carbonyl (C=O) groups excluding carboxylic acids is 1. The predicted molar refractivity (Wildman–Crippen MR) is 64.7 cm³/mol. The maximum Gasteiger partial charge on any atom is 0.341 e. The van der Waals surface area contributed by atoms with Gasteiger partial charge in [-0.1, -0.05) is 6.07 Å². The fourth-order valence-corrected chi connectivity index (χ4v) is 1.69. The average molecular weight is 249 g/mol. The standard InChI is InChI=1S/C13H15NO4/c15-12(16)8-18-11-6-1-3-9(7-11)13(17)14-10-4-2-5-10/h1,3,6-7,10H,2,4-5,8H2,(H,14,17)(H,15,16). The molecule has 1 aliphatic rings. The number of hydrogen-bond donors (Lipinski definition) is 2. The van der Waals surface area contributed by atoms with Crippen molar-refractivity contribution in [3.05, 3.63) is 29.8 Å². The third-order valence-electron chi connectivity index (χ3n) is 2.90. The van der Waals surface area contributed by atoms with Crippen molar-refractivity contribution in [2.75, 3.05) is 6.61 Å². The Morgan fingerprint density at radius 1 is 1.39 bits per heavy atom. The summed E-state index contributed by atoms with van der Waals surface area (Å²) in [5.74, 6) is -0.793. The second-order valence-corrected chi connectivity index (χ2v) is 4.31. The van der Waals surface area contributed by atoms with Crippen LogP contribution in [0.3, 0.4) is 0 Å². The lowest BCUT2D eigenvalue weighted by Gasteiger charge is -2.26. The number of nitrogens with one attached hydrogen (secondary N) is 1. The van der Waals surface area contributed by atoms with Crippen LogP contribution in [0, 0.1) is 0 Å². The fraction of sp³-hybridized carbons (Fsp3) is 0.385. The van der Waals surface area contributed by atoms with E-state index in [1.165, 1.54) is 0 Å². The van der Waals surface area contributed by atoms with Crippen molar-refractivity contribution >= 4 is 11.9 Å². The van der Waals surface area contributed by atoms with Gasteiger partial charge in [-0.3, -0.25) is 4.79 Å². The Morgan fingerprint density at radius 3 is 2.78 bits per heavy atom. The summed E-state index contributed by atoms with van der Waals surface area (Å²) in [6, 6.07) is 6.82. The van der Waals surface area contributed by atoms with Gasteiger partial charge in [-0.05, 0) is 37.5 Å². The van der Waals surface area contributed by atoms with Crippen molar-refractivity contribution in [3.8, 4) is 5.75 Å². The van der Waals surface area contributed by atoms with E-state index < -0.39 is 12.6 Å². The van der Waals surface area contributed by atoms with Crippen LogP contribution in [0.5, 0.6) is 5.75 Å². The number of hydrogen-bond acceptors (Lipinski definition) is 3. The normalized spacial score (nSPS) is 14.7. The monoisotopic (exact) mass is 249 g/mol. The van der Waals surface area contributed by atoms with Gasteiger partial charge in [-0.25, -0.2) is 4.79 Å². The number of rotatable bonds is 5. The van der Waals surface area contributed by atoms with Crippen LogP contribution in [0.15, 0.2) is 24.3 Å². The van der Waals surface area contributed by atoms with Crippen LogP contribution in [0.2, 0.25) is 0 Å². The zero-order chi connectivity index (χ0) is 13.0. The second kappa shape index (κ2) is 5.53. The first kappa shape index (κ1) is 12.4. The number of amides is 1. The largest absolute Gasteiger partial charge is 0.482 e. The topological polar surface area (TPSA) is 75.6 Å². The molecule has 5 heteroatoms. The Bertz CT molecular complexity index is 454. The summed E-state index contributed by atoms with van der Waals surface area (Å²) >= 11 is 0. The van der Waals surface area contributed by atoms with Gasteiger partial charge < -0.3 is 15.2 Å². The molecule has 1 saturated carbocycles. The number of aliphatic carboxylic acids is 1. The summed E-state index contributed by atoms with van der Waals surface area (Å²) in [5, 5.41) is 11.4. The van der Waals surface area contributed by atoms with E-state index in [1.54, 1.807) is 24.3 Å². The molecule has 96 valence electrons. The van der Waals surface area contributed by atoms with Crippen molar-refractivity contribution in [2.45, 2.75) is 25.3 Å². The van der Waals surface area contributed by atoms with Crippen LogP contribution < -0.4 is 10.1 Å². The molecule has 0 spiro atoms. The van der Waals surface area contributed by atoms with Gasteiger partial charge >= 0.3 is 5.97 Å². The lowest BCUT2D eigenvalue weighted by atomic mass is 9.93. The van der Waals surface area contributed by atoms with Crippen LogP contribution >= 0.6 is 0 Å². The zero-order valence-corrected chi connectivity index (χ0v) is 9.89. The molecule has 0 aromatic heterocycles. The highest BCUT2D eigenvalue weighted by Gasteiger charge is 2.20. The van der Waals surface area contributed by atoms with Crippen LogP contribution in [0.4, 0.5) is 0 Å². The Labute approximate surface area is 105 Å². The number of carbonyl (C=O) groups is 2. The SMILES string of the molecule is O=C(O)COc1cccc(C(=O)NC2CCC2)c1. The predicted octanol–water partition coefficient (Wildman–Crippen LogP) is 1.43. The molecule has 1 aliphatic carbocycles. The summed E-state index contributed by atoms with van der Waals surface area (Å²) in [5.41, 5.74) is 0.491. The van der Waals surface area contributed by atoms with E-state index in [4.69, 9.17) is 9.84 Å². The summed E-state index contributed by atoms with van der Waals surface area (Å²) in [4.78, 5) is 22.2. The highest BCUT2D eigenvalue weighted by molar-refractivity contribution is 5.94. The molecule has 2 N–H and O–H groups in total. The van der Waals surface area contributed by atoms with Gasteiger partial charge in [0.25, 0.3) is 5.91 Å². The van der Waals surface area contributed by atoms with Gasteiger partial charge in [-0.2, -0.15) is 0 Å². The number of ether oxygens (including phenoxy) is 1. The molecule has 0 aliphatic heterocycles. The molecule has 1 aromatic rings. The fourth-order valence-electron chi connectivity index (χ4n) is 1.69. The third-order valence-corrected chi connectivity index (χ3v) is 2.90. The number of carboxylic acids is 1. The summed E-state index contributed by atoms with van der Waals surface area (Å²) < 4.78 is 5.02. The van der Waals surface area contributed by atoms with E-state index >= 15 is 0 Å². The van der Waals surface area contributed by atoms with Crippen LogP contribution in [-0.2, 0) is 4.79 Å². The minimum absolute atomic E-state index is 0.138. The van der Waals surface area contributed by atoms with E-state index in [2.05, 4.69) is 5.32 Å². The molecular formula is C13H15NO4. The average Bonchev–Trinajstić information content (AvgIpc) is 2.31. The molecule has 0 radical (unpaired) electrons. The molecule has 0 heterocycles. The molecule has 1 aromatic carbocycles. The van der Waals surface area contributed by atoms with Gasteiger partial charge in [0.2, 0.25) is 0 Å². The summed E-state index contributed by atoms with van der Waals surface area (Å²) in [7, 11) is 0. The second-order valence-electron chi connectivity index (χ2n) is 4.31. The molecule has 18 heavy (non-hydrogen) atoms. The van der Waals surface area contributed by atoms with E-state index in [-0.39, 0.29) is 11.9 Å². The van der Waals surface area contributed by atoms with Crippen molar-refractivity contribution in [2.24, 2.45) is 0 Å². The lowest BCUT2D eigenvalue weighted by molar-refractivity contribution is -0.139. The van der Waals surface area contributed by atoms with Crippen molar-refractivity contribution in [3.63, 3.8) is 0 Å². The summed E-state index contributed by atoms with van der Waals surface area (Å²) in [6.45, 7) is -0.409. The minimum Gasteiger partial charge on any atom is -0.482 e. The Morgan fingerprint density at radius 2 is 2.17 bits per heavy atom. The molecule has 0 unspecified atom stereocenters. The Kier molecular flexibility index (Phi) is 3.82. The first-order valence-electron chi connectivity index (χ1n) is 5.90. The quantitative estimate of drug-likeness (QED) is 0.827. The van der Waals surface area contributed by atoms with Crippen molar-refractivity contribution < 1.29 is 19.4 Å². The highest BCUT2D eigenvalue weighted by atomic mass is 16.5. The maximum atomic E-state index is 11.9. The molecule has 1 fully saturated rings. The van der Waals surface area contributed by atoms with Crippen LogP contribution in [-0.4, -0.2) is 29.6 Å². The van der Waals surface area contributed by atoms with Gasteiger partial charge in [0.1, 0.15) is 5.75 Å².